The van der Waals surface area contributed by atoms with E-state index in [0.717, 1.165) is 15.9 Å². The second-order valence-corrected chi connectivity index (χ2v) is 8.96. The van der Waals surface area contributed by atoms with Crippen LogP contribution in [0.25, 0.3) is 10.2 Å². The van der Waals surface area contributed by atoms with Gasteiger partial charge in [-0.05, 0) is 60.7 Å². The summed E-state index contributed by atoms with van der Waals surface area (Å²) in [7, 11) is 1.79. The van der Waals surface area contributed by atoms with Crippen molar-refractivity contribution in [2.75, 3.05) is 22.6 Å². The number of carbonyl (C=O) groups excluding carboxylic acids is 2. The van der Waals surface area contributed by atoms with Crippen LogP contribution in [0.5, 0.6) is 0 Å². The third-order valence-electron chi connectivity index (χ3n) is 5.90. The lowest BCUT2D eigenvalue weighted by atomic mass is 10.0. The van der Waals surface area contributed by atoms with Crippen LogP contribution in [-0.4, -0.2) is 23.8 Å². The van der Waals surface area contributed by atoms with Gasteiger partial charge in [-0.25, -0.2) is 4.39 Å². The van der Waals surface area contributed by atoms with Crippen LogP contribution in [0.15, 0.2) is 72.2 Å². The number of benzene rings is 2. The fourth-order valence-corrected chi connectivity index (χ4v) is 4.72. The highest BCUT2D eigenvalue weighted by atomic mass is 32.1. The number of fused-ring (bicyclic) bond motifs is 1. The van der Waals surface area contributed by atoms with Crippen molar-refractivity contribution in [1.29, 1.82) is 0 Å². The number of para-hydroxylation sites is 1. The molecule has 0 aliphatic heterocycles. The number of hydrogen-bond donors (Lipinski definition) is 2. The average molecular weight is 461 g/mol. The van der Waals surface area contributed by atoms with Crippen molar-refractivity contribution in [3.63, 3.8) is 0 Å². The number of carbonyl (C=O) groups is 2. The topological polar surface area (TPSA) is 74.3 Å². The van der Waals surface area contributed by atoms with Crippen LogP contribution >= 0.6 is 11.3 Å². The zero-order valence-corrected chi connectivity index (χ0v) is 18.7. The smallest absolute Gasteiger partial charge is 0.240 e. The highest BCUT2D eigenvalue weighted by Gasteiger charge is 2.56. The number of pyridine rings is 1. The first-order chi connectivity index (χ1) is 16.0. The Morgan fingerprint density at radius 2 is 1.70 bits per heavy atom. The van der Waals surface area contributed by atoms with Gasteiger partial charge in [-0.3, -0.25) is 14.6 Å². The number of nitrogens with zero attached hydrogens (tertiary/aromatic N) is 2. The number of amides is 2. The molecule has 6 nitrogen and oxygen atoms in total. The van der Waals surface area contributed by atoms with Gasteiger partial charge in [-0.15, -0.1) is 11.3 Å². The van der Waals surface area contributed by atoms with Crippen LogP contribution in [0.4, 0.5) is 27.1 Å². The Balaban J connectivity index is 1.32. The summed E-state index contributed by atoms with van der Waals surface area (Å²) in [6, 6.07) is 17.3. The lowest BCUT2D eigenvalue weighted by Gasteiger charge is -2.21. The molecule has 33 heavy (non-hydrogen) atoms. The molecule has 166 valence electrons. The van der Waals surface area contributed by atoms with Crippen molar-refractivity contribution in [2.45, 2.75) is 12.8 Å². The summed E-state index contributed by atoms with van der Waals surface area (Å²) in [4.78, 5) is 31.7. The molecule has 0 radical (unpaired) electrons. The van der Waals surface area contributed by atoms with Crippen LogP contribution in [0.1, 0.15) is 12.8 Å². The fraction of sp³-hybridized carbons (Fsp3) is 0.160. The highest BCUT2D eigenvalue weighted by Crippen LogP contribution is 2.47. The highest BCUT2D eigenvalue weighted by molar-refractivity contribution is 7.17. The first-order valence-electron chi connectivity index (χ1n) is 10.5. The SMILES string of the molecule is CN(c1ccc(NC(=O)C2(C(=O)Nc3ccccc3)CC2)cc1F)c1ccnc2ccsc12. The van der Waals surface area contributed by atoms with Crippen molar-refractivity contribution < 1.29 is 14.0 Å². The molecule has 1 aliphatic rings. The van der Waals surface area contributed by atoms with E-state index in [1.165, 1.54) is 6.07 Å². The summed E-state index contributed by atoms with van der Waals surface area (Å²) in [5.74, 6) is -1.25. The normalized spacial score (nSPS) is 14.0. The zero-order chi connectivity index (χ0) is 23.0. The van der Waals surface area contributed by atoms with E-state index in [4.69, 9.17) is 0 Å². The second kappa shape index (κ2) is 8.29. The maximum Gasteiger partial charge on any atom is 0.240 e. The summed E-state index contributed by atoms with van der Waals surface area (Å²) in [6.07, 6.45) is 2.61. The standard InChI is InChI=1S/C25H21FN4O2S/c1-30(21-9-13-27-19-10-14-33-22(19)21)20-8-7-17(15-18(20)26)29-24(32)25(11-12-25)23(31)28-16-5-3-2-4-6-16/h2-10,13-15H,11-12H2,1H3,(H,28,31)(H,29,32). The van der Waals surface area contributed by atoms with Gasteiger partial charge < -0.3 is 15.5 Å². The Labute approximate surface area is 194 Å². The molecule has 2 amide bonds. The van der Waals surface area contributed by atoms with Crippen molar-refractivity contribution in [3.05, 3.63) is 78.1 Å². The molecule has 0 atom stereocenters. The molecule has 1 aliphatic carbocycles. The molecular formula is C25H21FN4O2S. The molecule has 1 fully saturated rings. The molecule has 4 aromatic rings. The number of aromatic nitrogens is 1. The van der Waals surface area contributed by atoms with Crippen LogP contribution in [0.2, 0.25) is 0 Å². The van der Waals surface area contributed by atoms with E-state index in [2.05, 4.69) is 15.6 Å². The van der Waals surface area contributed by atoms with Crippen LogP contribution in [-0.2, 0) is 9.59 Å². The minimum atomic E-state index is -1.12. The monoisotopic (exact) mass is 460 g/mol. The molecule has 0 unspecified atom stereocenters. The summed E-state index contributed by atoms with van der Waals surface area (Å²) >= 11 is 1.55. The fourth-order valence-electron chi connectivity index (χ4n) is 3.82. The summed E-state index contributed by atoms with van der Waals surface area (Å²) < 4.78 is 16.0. The lowest BCUT2D eigenvalue weighted by molar-refractivity contribution is -0.131. The number of hydrogen-bond acceptors (Lipinski definition) is 5. The Hall–Kier alpha value is -3.78. The zero-order valence-electron chi connectivity index (χ0n) is 17.8. The number of nitrogens with one attached hydrogen (secondary N) is 2. The molecule has 5 rings (SSSR count). The van der Waals surface area contributed by atoms with Crippen molar-refractivity contribution in [2.24, 2.45) is 5.41 Å². The van der Waals surface area contributed by atoms with Gasteiger partial charge in [-0.2, -0.15) is 0 Å². The lowest BCUT2D eigenvalue weighted by Crippen LogP contribution is -2.35. The molecule has 1 saturated carbocycles. The van der Waals surface area contributed by atoms with E-state index in [1.54, 1.807) is 53.7 Å². The molecular weight excluding hydrogens is 439 g/mol. The molecule has 2 heterocycles. The Morgan fingerprint density at radius 3 is 2.39 bits per heavy atom. The van der Waals surface area contributed by atoms with Gasteiger partial charge in [0.15, 0.2) is 0 Å². The molecule has 0 bridgehead atoms. The van der Waals surface area contributed by atoms with E-state index in [0.29, 0.717) is 29.9 Å². The minimum absolute atomic E-state index is 0.310. The van der Waals surface area contributed by atoms with Gasteiger partial charge in [0.05, 0.1) is 21.6 Å². The van der Waals surface area contributed by atoms with Crippen LogP contribution < -0.4 is 15.5 Å². The summed E-state index contributed by atoms with van der Waals surface area (Å²) in [5, 5.41) is 7.46. The number of thiophene rings is 1. The van der Waals surface area contributed by atoms with Crippen LogP contribution in [0, 0.1) is 11.2 Å². The minimum Gasteiger partial charge on any atom is -0.341 e. The average Bonchev–Trinajstić information content (AvgIpc) is 3.50. The summed E-state index contributed by atoms with van der Waals surface area (Å²) in [5.41, 5.74) is 1.90. The third kappa shape index (κ3) is 3.93. The first kappa shape index (κ1) is 21.1. The second-order valence-electron chi connectivity index (χ2n) is 8.05. The van der Waals surface area contributed by atoms with Gasteiger partial charge in [0.1, 0.15) is 11.2 Å². The van der Waals surface area contributed by atoms with Crippen LogP contribution in [0.3, 0.4) is 0 Å². The third-order valence-corrected chi connectivity index (χ3v) is 6.83. The molecule has 2 aromatic carbocycles. The van der Waals surface area contributed by atoms with Gasteiger partial charge in [0.2, 0.25) is 11.8 Å². The van der Waals surface area contributed by atoms with E-state index in [9.17, 15) is 9.59 Å². The molecule has 2 N–H and O–H groups in total. The Bertz CT molecular complexity index is 1350. The molecule has 8 heteroatoms. The molecule has 0 saturated heterocycles. The quantitative estimate of drug-likeness (QED) is 0.370. The van der Waals surface area contributed by atoms with Crippen molar-refractivity contribution in [3.8, 4) is 0 Å². The first-order valence-corrected chi connectivity index (χ1v) is 11.4. The largest absolute Gasteiger partial charge is 0.341 e. The predicted octanol–water partition coefficient (Wildman–Crippen LogP) is 5.56. The van der Waals surface area contributed by atoms with E-state index < -0.39 is 17.1 Å². The number of rotatable bonds is 6. The van der Waals surface area contributed by atoms with Gasteiger partial charge in [0, 0.05) is 24.6 Å². The van der Waals surface area contributed by atoms with Gasteiger partial charge in [-0.1, -0.05) is 18.2 Å². The Morgan fingerprint density at radius 1 is 0.970 bits per heavy atom. The van der Waals surface area contributed by atoms with Gasteiger partial charge >= 0.3 is 0 Å². The number of anilines is 4. The molecule has 2 aromatic heterocycles. The maximum atomic E-state index is 15.0. The van der Waals surface area contributed by atoms with E-state index in [-0.39, 0.29) is 5.91 Å². The maximum absolute atomic E-state index is 15.0. The molecule has 0 spiro atoms. The number of halogens is 1. The van der Waals surface area contributed by atoms with Crippen molar-refractivity contribution >= 4 is 56.1 Å². The summed E-state index contributed by atoms with van der Waals surface area (Å²) in [6.45, 7) is 0. The van der Waals surface area contributed by atoms with Crippen molar-refractivity contribution in [1.82, 2.24) is 4.98 Å². The van der Waals surface area contributed by atoms with Gasteiger partial charge in [0.25, 0.3) is 0 Å². The van der Waals surface area contributed by atoms with E-state index >= 15 is 4.39 Å². The Kier molecular flexibility index (Phi) is 5.30. The van der Waals surface area contributed by atoms with E-state index in [1.807, 2.05) is 35.7 Å². The predicted molar refractivity (Wildman–Crippen MR) is 129 cm³/mol.